The SMILES string of the molecule is CCn1nc(C)c(Cl)c1CC(=O)C(C)(C)CN. The third kappa shape index (κ3) is 2.87. The van der Waals surface area contributed by atoms with Crippen molar-refractivity contribution in [2.45, 2.75) is 40.7 Å². The number of carbonyl (C=O) groups excluding carboxylic acids is 1. The topological polar surface area (TPSA) is 60.9 Å². The van der Waals surface area contributed by atoms with Gasteiger partial charge < -0.3 is 5.73 Å². The monoisotopic (exact) mass is 257 g/mol. The van der Waals surface area contributed by atoms with Crippen LogP contribution in [0.25, 0.3) is 0 Å². The maximum Gasteiger partial charge on any atom is 0.145 e. The maximum absolute atomic E-state index is 12.1. The van der Waals surface area contributed by atoms with Crippen LogP contribution in [0.1, 0.15) is 32.2 Å². The number of Topliss-reactive ketones (excluding diaryl/α,β-unsaturated/α-hetero) is 1. The minimum Gasteiger partial charge on any atom is -0.329 e. The third-order valence-electron chi connectivity index (χ3n) is 3.05. The van der Waals surface area contributed by atoms with Crippen LogP contribution in [0.15, 0.2) is 0 Å². The van der Waals surface area contributed by atoms with Crippen molar-refractivity contribution in [2.75, 3.05) is 6.54 Å². The molecule has 0 saturated heterocycles. The van der Waals surface area contributed by atoms with Gasteiger partial charge in [0.2, 0.25) is 0 Å². The number of carbonyl (C=O) groups is 1. The minimum atomic E-state index is -0.514. The summed E-state index contributed by atoms with van der Waals surface area (Å²) >= 11 is 6.16. The van der Waals surface area contributed by atoms with E-state index < -0.39 is 5.41 Å². The lowest BCUT2D eigenvalue weighted by atomic mass is 9.86. The molecule has 1 aromatic rings. The molecule has 96 valence electrons. The molecule has 0 aliphatic carbocycles. The second kappa shape index (κ2) is 5.19. The summed E-state index contributed by atoms with van der Waals surface area (Å²) in [6.07, 6.45) is 0.289. The first-order chi connectivity index (χ1) is 7.83. The summed E-state index contributed by atoms with van der Waals surface area (Å²) in [4.78, 5) is 12.1. The van der Waals surface area contributed by atoms with E-state index in [-0.39, 0.29) is 12.2 Å². The van der Waals surface area contributed by atoms with E-state index in [1.165, 1.54) is 0 Å². The summed E-state index contributed by atoms with van der Waals surface area (Å²) < 4.78 is 1.78. The Morgan fingerprint density at radius 3 is 2.59 bits per heavy atom. The molecule has 2 N–H and O–H groups in total. The van der Waals surface area contributed by atoms with Gasteiger partial charge in [-0.25, -0.2) is 0 Å². The Kier molecular flexibility index (Phi) is 4.33. The lowest BCUT2D eigenvalue weighted by molar-refractivity contribution is -0.126. The van der Waals surface area contributed by atoms with Crippen molar-refractivity contribution < 1.29 is 4.79 Å². The number of rotatable bonds is 5. The average Bonchev–Trinajstić information content (AvgIpc) is 2.56. The van der Waals surface area contributed by atoms with E-state index in [9.17, 15) is 4.79 Å². The Labute approximate surface area is 107 Å². The summed E-state index contributed by atoms with van der Waals surface area (Å²) in [7, 11) is 0. The molecule has 0 unspecified atom stereocenters. The van der Waals surface area contributed by atoms with Crippen molar-refractivity contribution in [1.29, 1.82) is 0 Å². The van der Waals surface area contributed by atoms with Gasteiger partial charge in [0.05, 0.1) is 22.8 Å². The van der Waals surface area contributed by atoms with E-state index in [0.29, 0.717) is 18.1 Å². The van der Waals surface area contributed by atoms with E-state index in [0.717, 1.165) is 11.4 Å². The van der Waals surface area contributed by atoms with Crippen molar-refractivity contribution in [2.24, 2.45) is 11.1 Å². The van der Waals surface area contributed by atoms with Crippen LogP contribution >= 0.6 is 11.6 Å². The second-order valence-electron chi connectivity index (χ2n) is 4.85. The van der Waals surface area contributed by atoms with Crippen LogP contribution in [-0.2, 0) is 17.8 Å². The summed E-state index contributed by atoms with van der Waals surface area (Å²) in [5, 5.41) is 4.88. The Morgan fingerprint density at radius 2 is 2.12 bits per heavy atom. The van der Waals surface area contributed by atoms with Crippen LogP contribution in [0, 0.1) is 12.3 Å². The molecular weight excluding hydrogens is 238 g/mol. The zero-order valence-corrected chi connectivity index (χ0v) is 11.6. The molecule has 5 heteroatoms. The van der Waals surface area contributed by atoms with E-state index in [1.807, 2.05) is 27.7 Å². The van der Waals surface area contributed by atoms with Gasteiger partial charge in [0.25, 0.3) is 0 Å². The molecule has 17 heavy (non-hydrogen) atoms. The van der Waals surface area contributed by atoms with Gasteiger partial charge >= 0.3 is 0 Å². The zero-order valence-electron chi connectivity index (χ0n) is 10.9. The van der Waals surface area contributed by atoms with Gasteiger partial charge in [-0.2, -0.15) is 5.10 Å². The second-order valence-corrected chi connectivity index (χ2v) is 5.23. The predicted molar refractivity (Wildman–Crippen MR) is 69.2 cm³/mol. The molecule has 0 amide bonds. The highest BCUT2D eigenvalue weighted by atomic mass is 35.5. The molecule has 0 spiro atoms. The number of aryl methyl sites for hydroxylation is 2. The number of ketones is 1. The van der Waals surface area contributed by atoms with E-state index in [4.69, 9.17) is 17.3 Å². The van der Waals surface area contributed by atoms with Crippen molar-refractivity contribution >= 4 is 17.4 Å². The van der Waals surface area contributed by atoms with Crippen LogP contribution in [-0.4, -0.2) is 22.1 Å². The lowest BCUT2D eigenvalue weighted by Gasteiger charge is -2.20. The smallest absolute Gasteiger partial charge is 0.145 e. The first kappa shape index (κ1) is 14.2. The summed E-state index contributed by atoms with van der Waals surface area (Å²) in [6, 6.07) is 0. The first-order valence-corrected chi connectivity index (χ1v) is 6.16. The molecule has 0 saturated carbocycles. The van der Waals surface area contributed by atoms with Crippen LogP contribution < -0.4 is 5.73 Å². The lowest BCUT2D eigenvalue weighted by Crippen LogP contribution is -2.34. The maximum atomic E-state index is 12.1. The zero-order chi connectivity index (χ0) is 13.2. The van der Waals surface area contributed by atoms with Gasteiger partial charge in [0.1, 0.15) is 5.78 Å². The van der Waals surface area contributed by atoms with Gasteiger partial charge in [-0.1, -0.05) is 25.4 Å². The number of nitrogens with two attached hydrogens (primary N) is 1. The van der Waals surface area contributed by atoms with Crippen molar-refractivity contribution in [3.8, 4) is 0 Å². The highest BCUT2D eigenvalue weighted by molar-refractivity contribution is 6.32. The molecular formula is C12H20ClN3O. The van der Waals surface area contributed by atoms with Crippen LogP contribution in [0.5, 0.6) is 0 Å². The largest absolute Gasteiger partial charge is 0.329 e. The van der Waals surface area contributed by atoms with Gasteiger partial charge in [-0.3, -0.25) is 9.48 Å². The average molecular weight is 258 g/mol. The molecule has 0 atom stereocenters. The highest BCUT2D eigenvalue weighted by Crippen LogP contribution is 2.24. The van der Waals surface area contributed by atoms with Crippen LogP contribution in [0.4, 0.5) is 0 Å². The molecule has 1 rings (SSSR count). The fourth-order valence-corrected chi connectivity index (χ4v) is 1.75. The molecule has 0 bridgehead atoms. The highest BCUT2D eigenvalue weighted by Gasteiger charge is 2.28. The Balaban J connectivity index is 2.99. The van der Waals surface area contributed by atoms with Gasteiger partial charge in [-0.15, -0.1) is 0 Å². The number of aromatic nitrogens is 2. The van der Waals surface area contributed by atoms with Crippen molar-refractivity contribution in [1.82, 2.24) is 9.78 Å². The van der Waals surface area contributed by atoms with E-state index in [1.54, 1.807) is 4.68 Å². The fourth-order valence-electron chi connectivity index (χ4n) is 1.54. The van der Waals surface area contributed by atoms with E-state index in [2.05, 4.69) is 5.10 Å². The van der Waals surface area contributed by atoms with Gasteiger partial charge in [-0.05, 0) is 13.8 Å². The molecule has 4 nitrogen and oxygen atoms in total. The number of nitrogens with zero attached hydrogens (tertiary/aromatic N) is 2. The number of hydrogen-bond donors (Lipinski definition) is 1. The number of halogens is 1. The molecule has 0 radical (unpaired) electrons. The molecule has 0 aromatic carbocycles. The summed E-state index contributed by atoms with van der Waals surface area (Å²) in [5.41, 5.74) is 6.64. The normalized spacial score (nSPS) is 11.9. The standard InChI is InChI=1S/C12H20ClN3O/c1-5-16-9(11(13)8(2)15-16)6-10(17)12(3,4)7-14/h5-7,14H2,1-4H3. The van der Waals surface area contributed by atoms with Gasteiger partial charge in [0, 0.05) is 18.5 Å². The third-order valence-corrected chi connectivity index (χ3v) is 3.54. The molecule has 0 aliphatic rings. The van der Waals surface area contributed by atoms with E-state index >= 15 is 0 Å². The van der Waals surface area contributed by atoms with Crippen molar-refractivity contribution in [3.63, 3.8) is 0 Å². The first-order valence-electron chi connectivity index (χ1n) is 5.78. The summed E-state index contributed by atoms with van der Waals surface area (Å²) in [6.45, 7) is 8.56. The Hall–Kier alpha value is -0.870. The molecule has 0 aliphatic heterocycles. The number of hydrogen-bond acceptors (Lipinski definition) is 3. The van der Waals surface area contributed by atoms with Crippen LogP contribution in [0.3, 0.4) is 0 Å². The van der Waals surface area contributed by atoms with Gasteiger partial charge in [0.15, 0.2) is 0 Å². The Morgan fingerprint density at radius 1 is 1.53 bits per heavy atom. The molecule has 1 aromatic heterocycles. The van der Waals surface area contributed by atoms with Crippen molar-refractivity contribution in [3.05, 3.63) is 16.4 Å². The summed E-state index contributed by atoms with van der Waals surface area (Å²) in [5.74, 6) is 0.0940. The quantitative estimate of drug-likeness (QED) is 0.877. The molecule has 1 heterocycles. The Bertz CT molecular complexity index is 424. The fraction of sp³-hybridized carbons (Fsp3) is 0.667. The minimum absolute atomic E-state index is 0.0940. The molecule has 0 fully saturated rings. The van der Waals surface area contributed by atoms with Crippen LogP contribution in [0.2, 0.25) is 5.02 Å². The predicted octanol–water partition coefficient (Wildman–Crippen LogP) is 1.96.